The molecule has 0 aromatic heterocycles. The Kier molecular flexibility index (Phi) is 5.06. The summed E-state index contributed by atoms with van der Waals surface area (Å²) in [5.74, 6) is 1.03. The Bertz CT molecular complexity index is 1010. The quantitative estimate of drug-likeness (QED) is 0.626. The van der Waals surface area contributed by atoms with Gasteiger partial charge >= 0.3 is 0 Å². The van der Waals surface area contributed by atoms with Crippen molar-refractivity contribution in [2.75, 3.05) is 16.7 Å². The van der Waals surface area contributed by atoms with Crippen LogP contribution in [0, 0.1) is 0 Å². The van der Waals surface area contributed by atoms with Crippen LogP contribution in [0.15, 0.2) is 60.7 Å². The Balaban J connectivity index is 2.25. The lowest BCUT2D eigenvalue weighted by Gasteiger charge is -2.18. The van der Waals surface area contributed by atoms with Gasteiger partial charge in [-0.05, 0) is 51.3 Å². The second kappa shape index (κ2) is 7.10. The number of thiol groups is 1. The highest BCUT2D eigenvalue weighted by atomic mass is 32.2. The van der Waals surface area contributed by atoms with E-state index in [2.05, 4.69) is 48.5 Å². The summed E-state index contributed by atoms with van der Waals surface area (Å²) in [4.78, 5) is 0. The fourth-order valence-electron chi connectivity index (χ4n) is 3.07. The van der Waals surface area contributed by atoms with Crippen LogP contribution in [-0.2, 0) is 10.0 Å². The molecule has 3 aromatic rings. The van der Waals surface area contributed by atoms with E-state index in [1.54, 1.807) is 6.07 Å². The molecule has 5 heteroatoms. The van der Waals surface area contributed by atoms with Crippen molar-refractivity contribution in [3.05, 3.63) is 66.2 Å². The maximum absolute atomic E-state index is 11.6. The molecule has 1 N–H and O–H groups in total. The molecule has 3 nitrogen and oxygen atoms in total. The van der Waals surface area contributed by atoms with Gasteiger partial charge in [-0.2, -0.15) is 12.6 Å². The van der Waals surface area contributed by atoms with Gasteiger partial charge in [0, 0.05) is 5.69 Å². The second-order valence-electron chi connectivity index (χ2n) is 6.29. The molecule has 1 unspecified atom stereocenters. The summed E-state index contributed by atoms with van der Waals surface area (Å²) in [6.07, 6.45) is 1.16. The van der Waals surface area contributed by atoms with Crippen LogP contribution in [0.2, 0.25) is 0 Å². The number of hydrogen-bond donors (Lipinski definition) is 2. The van der Waals surface area contributed by atoms with Gasteiger partial charge in [-0.3, -0.25) is 4.72 Å². The van der Waals surface area contributed by atoms with Crippen LogP contribution >= 0.6 is 12.6 Å². The molecule has 130 valence electrons. The van der Waals surface area contributed by atoms with Crippen LogP contribution in [0.1, 0.15) is 18.4 Å². The summed E-state index contributed by atoms with van der Waals surface area (Å²) in [7, 11) is -3.31. The van der Waals surface area contributed by atoms with Gasteiger partial charge < -0.3 is 0 Å². The third-order valence-electron chi connectivity index (χ3n) is 4.22. The molecule has 0 aliphatic carbocycles. The SMILES string of the molecule is CC(CS)c1ccc2ccccc2c1-c1cccc(NS(C)(=O)=O)c1. The minimum atomic E-state index is -3.31. The lowest BCUT2D eigenvalue weighted by Crippen LogP contribution is -2.09. The molecule has 3 aromatic carbocycles. The summed E-state index contributed by atoms with van der Waals surface area (Å²) in [5.41, 5.74) is 3.91. The Labute approximate surface area is 154 Å². The lowest BCUT2D eigenvalue weighted by molar-refractivity contribution is 0.607. The van der Waals surface area contributed by atoms with Crippen molar-refractivity contribution in [1.82, 2.24) is 0 Å². The van der Waals surface area contributed by atoms with Gasteiger partial charge in [-0.1, -0.05) is 55.5 Å². The van der Waals surface area contributed by atoms with Crippen molar-refractivity contribution in [1.29, 1.82) is 0 Å². The molecule has 1 atom stereocenters. The smallest absolute Gasteiger partial charge is 0.229 e. The molecule has 0 aliphatic rings. The van der Waals surface area contributed by atoms with Gasteiger partial charge in [-0.15, -0.1) is 0 Å². The topological polar surface area (TPSA) is 46.2 Å². The highest BCUT2D eigenvalue weighted by molar-refractivity contribution is 7.92. The van der Waals surface area contributed by atoms with E-state index in [-0.39, 0.29) is 5.92 Å². The summed E-state index contributed by atoms with van der Waals surface area (Å²) in [5, 5.41) is 2.32. The number of rotatable bonds is 5. The van der Waals surface area contributed by atoms with Crippen molar-refractivity contribution in [3.8, 4) is 11.1 Å². The van der Waals surface area contributed by atoms with Crippen LogP contribution < -0.4 is 4.72 Å². The number of benzene rings is 3. The standard InChI is InChI=1S/C20H21NO2S2/c1-14(13-24)18-11-10-15-6-3-4-9-19(15)20(18)16-7-5-8-17(12-16)21-25(2,22)23/h3-12,14,21,24H,13H2,1-2H3. The zero-order chi connectivity index (χ0) is 18.0. The Morgan fingerprint density at radius 1 is 1.04 bits per heavy atom. The maximum Gasteiger partial charge on any atom is 0.229 e. The molecule has 0 fully saturated rings. The molecule has 3 rings (SSSR count). The molecule has 0 bridgehead atoms. The molecule has 0 aliphatic heterocycles. The van der Waals surface area contributed by atoms with Crippen molar-refractivity contribution < 1.29 is 8.42 Å². The summed E-state index contributed by atoms with van der Waals surface area (Å²) < 4.78 is 25.7. The zero-order valence-electron chi connectivity index (χ0n) is 14.2. The molecule has 0 saturated carbocycles. The first-order valence-corrected chi connectivity index (χ1v) is 10.6. The molecular formula is C20H21NO2S2. The van der Waals surface area contributed by atoms with Gasteiger partial charge in [0.1, 0.15) is 0 Å². The Morgan fingerprint density at radius 3 is 2.52 bits per heavy atom. The highest BCUT2D eigenvalue weighted by Crippen LogP contribution is 2.37. The zero-order valence-corrected chi connectivity index (χ0v) is 15.9. The molecule has 0 radical (unpaired) electrons. The summed E-state index contributed by atoms with van der Waals surface area (Å²) >= 11 is 4.47. The third kappa shape index (κ3) is 3.99. The molecule has 0 amide bonds. The predicted octanol–water partition coefficient (Wildman–Crippen LogP) is 4.91. The molecule has 0 spiro atoms. The normalized spacial score (nSPS) is 12.9. The first-order valence-electron chi connectivity index (χ1n) is 8.10. The van der Waals surface area contributed by atoms with Crippen molar-refractivity contribution in [2.24, 2.45) is 0 Å². The van der Waals surface area contributed by atoms with Gasteiger partial charge in [0.25, 0.3) is 0 Å². The van der Waals surface area contributed by atoms with E-state index in [9.17, 15) is 8.42 Å². The highest BCUT2D eigenvalue weighted by Gasteiger charge is 2.15. The Morgan fingerprint density at radius 2 is 1.80 bits per heavy atom. The van der Waals surface area contributed by atoms with Crippen LogP contribution in [0.3, 0.4) is 0 Å². The minimum Gasteiger partial charge on any atom is -0.284 e. The minimum absolute atomic E-state index is 0.287. The van der Waals surface area contributed by atoms with E-state index >= 15 is 0 Å². The van der Waals surface area contributed by atoms with Gasteiger partial charge in [0.2, 0.25) is 10.0 Å². The lowest BCUT2D eigenvalue weighted by atomic mass is 9.88. The summed E-state index contributed by atoms with van der Waals surface area (Å²) in [6, 6.07) is 20.1. The van der Waals surface area contributed by atoms with E-state index in [0.29, 0.717) is 5.69 Å². The molecule has 0 saturated heterocycles. The van der Waals surface area contributed by atoms with Gasteiger partial charge in [0.05, 0.1) is 6.26 Å². The van der Waals surface area contributed by atoms with E-state index < -0.39 is 10.0 Å². The number of fused-ring (bicyclic) bond motifs is 1. The molecule has 0 heterocycles. The number of anilines is 1. The summed E-state index contributed by atoms with van der Waals surface area (Å²) in [6.45, 7) is 2.15. The maximum atomic E-state index is 11.6. The molecule has 25 heavy (non-hydrogen) atoms. The van der Waals surface area contributed by atoms with Crippen LogP contribution in [0.25, 0.3) is 21.9 Å². The number of hydrogen-bond acceptors (Lipinski definition) is 3. The van der Waals surface area contributed by atoms with Crippen molar-refractivity contribution >= 4 is 39.1 Å². The third-order valence-corrected chi connectivity index (χ3v) is 5.37. The van der Waals surface area contributed by atoms with E-state index in [1.807, 2.05) is 30.3 Å². The largest absolute Gasteiger partial charge is 0.284 e. The van der Waals surface area contributed by atoms with E-state index in [4.69, 9.17) is 0 Å². The van der Waals surface area contributed by atoms with E-state index in [0.717, 1.165) is 33.9 Å². The van der Waals surface area contributed by atoms with Crippen molar-refractivity contribution in [3.63, 3.8) is 0 Å². The van der Waals surface area contributed by atoms with Crippen LogP contribution in [-0.4, -0.2) is 20.4 Å². The van der Waals surface area contributed by atoms with Gasteiger partial charge in [-0.25, -0.2) is 8.42 Å². The molecular weight excluding hydrogens is 350 g/mol. The monoisotopic (exact) mass is 371 g/mol. The van der Waals surface area contributed by atoms with Crippen molar-refractivity contribution in [2.45, 2.75) is 12.8 Å². The first kappa shape index (κ1) is 17.8. The Hall–Kier alpha value is -1.98. The predicted molar refractivity (Wildman–Crippen MR) is 110 cm³/mol. The fourth-order valence-corrected chi connectivity index (χ4v) is 3.82. The second-order valence-corrected chi connectivity index (χ2v) is 8.40. The average Bonchev–Trinajstić information content (AvgIpc) is 2.58. The fraction of sp³-hybridized carbons (Fsp3) is 0.200. The average molecular weight is 372 g/mol. The number of nitrogens with one attached hydrogen (secondary N) is 1. The van der Waals surface area contributed by atoms with E-state index in [1.165, 1.54) is 5.56 Å². The van der Waals surface area contributed by atoms with Gasteiger partial charge in [0.15, 0.2) is 0 Å². The first-order chi connectivity index (χ1) is 11.9. The van der Waals surface area contributed by atoms with Crippen LogP contribution in [0.4, 0.5) is 5.69 Å². The van der Waals surface area contributed by atoms with Crippen LogP contribution in [0.5, 0.6) is 0 Å². The number of sulfonamides is 1.